The number of fused-ring (bicyclic) bond motifs is 3. The lowest BCUT2D eigenvalue weighted by Gasteiger charge is -2.34. The molecule has 0 unspecified atom stereocenters. The van der Waals surface area contributed by atoms with Gasteiger partial charge in [-0.2, -0.15) is 0 Å². The fraction of sp³-hybridized carbons (Fsp3) is 0.348. The molecule has 3 heterocycles. The first-order valence-electron chi connectivity index (χ1n) is 10.8. The maximum atomic E-state index is 14.0. The number of ketones is 1. The number of hydrogen-bond donors (Lipinski definition) is 3. The third kappa shape index (κ3) is 4.81. The van der Waals surface area contributed by atoms with Gasteiger partial charge in [0.2, 0.25) is 5.78 Å². The van der Waals surface area contributed by atoms with Crippen molar-refractivity contribution in [1.29, 1.82) is 0 Å². The summed E-state index contributed by atoms with van der Waals surface area (Å²) in [7, 11) is 0. The first-order valence-corrected chi connectivity index (χ1v) is 11.6. The lowest BCUT2D eigenvalue weighted by Crippen LogP contribution is -2.53. The van der Waals surface area contributed by atoms with Crippen molar-refractivity contribution in [2.24, 2.45) is 0 Å². The average Bonchev–Trinajstić information content (AvgIpc) is 3.24. The van der Waals surface area contributed by atoms with Crippen molar-refractivity contribution in [2.75, 3.05) is 6.54 Å². The normalized spacial score (nSPS) is 23.5. The molecule has 1 fully saturated rings. The van der Waals surface area contributed by atoms with Gasteiger partial charge < -0.3 is 15.4 Å². The second kappa shape index (κ2) is 9.80. The van der Waals surface area contributed by atoms with E-state index in [0.717, 1.165) is 30.2 Å². The standard InChI is InChI=1S/C23H24F2N4O3S/c1-2-29-19-6-4-3-5-16(23(29)32)20(30)21(31)17(12-27-28-19)22-26-11-15(33-22)9-13-7-8-14(24)10-18(13)25/h7-8,10-12,19,27-28,30H,2-6,9H2,1H3/b17-12+,20-16-/t19-/m0/s1. The van der Waals surface area contributed by atoms with E-state index < -0.39 is 23.2 Å². The molecule has 0 saturated carbocycles. The van der Waals surface area contributed by atoms with E-state index in [4.69, 9.17) is 0 Å². The van der Waals surface area contributed by atoms with Crippen LogP contribution in [0.1, 0.15) is 48.1 Å². The minimum absolute atomic E-state index is 0.0883. The van der Waals surface area contributed by atoms with Crippen molar-refractivity contribution >= 4 is 28.6 Å². The molecule has 2 aromatic rings. The summed E-state index contributed by atoms with van der Waals surface area (Å²) in [5, 5.41) is 11.1. The molecule has 2 aliphatic heterocycles. The Morgan fingerprint density at radius 1 is 1.27 bits per heavy atom. The number of halogens is 2. The maximum Gasteiger partial charge on any atom is 0.254 e. The van der Waals surface area contributed by atoms with Crippen LogP contribution in [0.2, 0.25) is 0 Å². The third-order valence-electron chi connectivity index (χ3n) is 5.77. The highest BCUT2D eigenvalue weighted by atomic mass is 32.1. The van der Waals surface area contributed by atoms with Gasteiger partial charge in [-0.15, -0.1) is 11.3 Å². The Labute approximate surface area is 193 Å². The van der Waals surface area contributed by atoms with Crippen LogP contribution in [0.5, 0.6) is 0 Å². The first-order chi connectivity index (χ1) is 15.9. The Hall–Kier alpha value is -3.11. The Balaban J connectivity index is 1.67. The highest BCUT2D eigenvalue weighted by Crippen LogP contribution is 2.29. The summed E-state index contributed by atoms with van der Waals surface area (Å²) in [6, 6.07) is 3.38. The molecule has 1 amide bonds. The molecule has 0 spiro atoms. The minimum atomic E-state index is -0.711. The largest absolute Gasteiger partial charge is 0.504 e. The molecular formula is C23H24F2N4O3S. The summed E-state index contributed by atoms with van der Waals surface area (Å²) in [5.74, 6) is -2.96. The monoisotopic (exact) mass is 474 g/mol. The van der Waals surface area contributed by atoms with Crippen LogP contribution in [0.4, 0.5) is 8.78 Å². The molecule has 1 aromatic carbocycles. The molecule has 10 heteroatoms. The Kier molecular flexibility index (Phi) is 6.85. The number of carbonyl (C=O) groups is 2. The summed E-state index contributed by atoms with van der Waals surface area (Å²) in [6.07, 6.45) is 5.37. The lowest BCUT2D eigenvalue weighted by atomic mass is 9.97. The number of nitrogens with one attached hydrogen (secondary N) is 2. The van der Waals surface area contributed by atoms with Crippen LogP contribution in [0.3, 0.4) is 0 Å². The van der Waals surface area contributed by atoms with E-state index in [9.17, 15) is 23.5 Å². The second-order valence-electron chi connectivity index (χ2n) is 7.90. The minimum Gasteiger partial charge on any atom is -0.504 e. The fourth-order valence-corrected chi connectivity index (χ4v) is 4.96. The van der Waals surface area contributed by atoms with Gasteiger partial charge in [0.15, 0.2) is 5.76 Å². The molecule has 4 rings (SSSR count). The van der Waals surface area contributed by atoms with Gasteiger partial charge in [-0.1, -0.05) is 6.07 Å². The quantitative estimate of drug-likeness (QED) is 0.627. The molecule has 33 heavy (non-hydrogen) atoms. The van der Waals surface area contributed by atoms with Crippen molar-refractivity contribution in [1.82, 2.24) is 20.7 Å². The molecule has 1 saturated heterocycles. The number of Topliss-reactive ketones (excluding diaryl/α,β-unsaturated/α-hetero) is 1. The zero-order valence-corrected chi connectivity index (χ0v) is 18.8. The van der Waals surface area contributed by atoms with E-state index in [1.54, 1.807) is 4.90 Å². The summed E-state index contributed by atoms with van der Waals surface area (Å²) >= 11 is 1.16. The number of hydrogen-bond acceptors (Lipinski definition) is 7. The van der Waals surface area contributed by atoms with E-state index >= 15 is 0 Å². The summed E-state index contributed by atoms with van der Waals surface area (Å²) in [6.45, 7) is 2.27. The number of aromatic nitrogens is 1. The summed E-state index contributed by atoms with van der Waals surface area (Å²) < 4.78 is 27.2. The zero-order valence-electron chi connectivity index (χ0n) is 18.0. The molecule has 1 aromatic heterocycles. The van der Waals surface area contributed by atoms with Gasteiger partial charge in [0.1, 0.15) is 16.6 Å². The number of likely N-dealkylation sites (N-methyl/N-ethyl adjacent to an activating group) is 1. The number of hydrazine groups is 1. The van der Waals surface area contributed by atoms with Gasteiger partial charge in [-0.05, 0) is 44.2 Å². The molecule has 174 valence electrons. The van der Waals surface area contributed by atoms with Crippen LogP contribution in [-0.2, 0) is 16.0 Å². The number of allylic oxidation sites excluding steroid dienone is 1. The Bertz CT molecular complexity index is 1140. The molecule has 3 N–H and O–H groups in total. The highest BCUT2D eigenvalue weighted by molar-refractivity contribution is 7.13. The van der Waals surface area contributed by atoms with E-state index in [2.05, 4.69) is 15.8 Å². The van der Waals surface area contributed by atoms with Crippen molar-refractivity contribution < 1.29 is 23.5 Å². The van der Waals surface area contributed by atoms with Crippen LogP contribution in [0.15, 0.2) is 41.9 Å². The Morgan fingerprint density at radius 3 is 2.85 bits per heavy atom. The van der Waals surface area contributed by atoms with Gasteiger partial charge in [0, 0.05) is 36.3 Å². The Morgan fingerprint density at radius 2 is 2.09 bits per heavy atom. The van der Waals surface area contributed by atoms with Crippen molar-refractivity contribution in [3.63, 3.8) is 0 Å². The number of aliphatic hydroxyl groups excluding tert-OH is 1. The van der Waals surface area contributed by atoms with E-state index in [1.807, 2.05) is 6.92 Å². The third-order valence-corrected chi connectivity index (χ3v) is 6.80. The highest BCUT2D eigenvalue weighted by Gasteiger charge is 2.33. The number of rotatable bonds is 4. The van der Waals surface area contributed by atoms with Crippen LogP contribution in [0, 0.1) is 11.6 Å². The predicted octanol–water partition coefficient (Wildman–Crippen LogP) is 3.59. The average molecular weight is 475 g/mol. The molecule has 0 aliphatic carbocycles. The zero-order chi connectivity index (χ0) is 23.5. The van der Waals surface area contributed by atoms with Crippen molar-refractivity contribution in [3.05, 3.63) is 69.0 Å². The molecule has 1 atom stereocenters. The van der Waals surface area contributed by atoms with Crippen LogP contribution < -0.4 is 10.9 Å². The van der Waals surface area contributed by atoms with Gasteiger partial charge in [0.05, 0.1) is 17.3 Å². The number of aliphatic hydroxyl groups is 1. The number of benzene rings is 1. The molecule has 2 aliphatic rings. The fourth-order valence-electron chi connectivity index (χ4n) is 4.02. The van der Waals surface area contributed by atoms with E-state index in [-0.39, 0.29) is 29.6 Å². The number of thiazole rings is 1. The lowest BCUT2D eigenvalue weighted by molar-refractivity contribution is -0.131. The number of nitrogens with zero attached hydrogens (tertiary/aromatic N) is 2. The van der Waals surface area contributed by atoms with Crippen LogP contribution >= 0.6 is 11.3 Å². The smallest absolute Gasteiger partial charge is 0.254 e. The van der Waals surface area contributed by atoms with Crippen molar-refractivity contribution in [2.45, 2.75) is 45.2 Å². The van der Waals surface area contributed by atoms with Gasteiger partial charge in [-0.3, -0.25) is 9.59 Å². The summed E-state index contributed by atoms with van der Waals surface area (Å²) in [5.41, 5.74) is 6.47. The molecule has 7 nitrogen and oxygen atoms in total. The van der Waals surface area contributed by atoms with Crippen molar-refractivity contribution in [3.8, 4) is 0 Å². The first kappa shape index (κ1) is 23.1. The molecule has 0 radical (unpaired) electrons. The number of amides is 1. The molecular weight excluding hydrogens is 450 g/mol. The van der Waals surface area contributed by atoms with Crippen LogP contribution in [-0.4, -0.2) is 39.4 Å². The maximum absolute atomic E-state index is 14.0. The SMILES string of the molecule is CCN1C(=O)/C2=C(\O)C(=O)/C(c3ncc(Cc4ccc(F)cc4F)s3)=C\NN[C@@H]1CCCC2. The van der Waals surface area contributed by atoms with E-state index in [1.165, 1.54) is 24.5 Å². The number of carbonyl (C=O) groups excluding carboxylic acids is 2. The van der Waals surface area contributed by atoms with Gasteiger partial charge >= 0.3 is 0 Å². The summed E-state index contributed by atoms with van der Waals surface area (Å²) in [4.78, 5) is 32.8. The van der Waals surface area contributed by atoms with E-state index in [0.29, 0.717) is 34.8 Å². The molecule has 2 bridgehead atoms. The second-order valence-corrected chi connectivity index (χ2v) is 9.02. The van der Waals surface area contributed by atoms with Gasteiger partial charge in [-0.25, -0.2) is 19.2 Å². The predicted molar refractivity (Wildman–Crippen MR) is 120 cm³/mol. The topological polar surface area (TPSA) is 94.6 Å². The van der Waals surface area contributed by atoms with Gasteiger partial charge in [0.25, 0.3) is 5.91 Å². The van der Waals surface area contributed by atoms with Crippen LogP contribution in [0.25, 0.3) is 5.57 Å².